The van der Waals surface area contributed by atoms with Crippen LogP contribution in [-0.2, 0) is 9.84 Å². The largest absolute Gasteiger partial charge is 0.457 e. The summed E-state index contributed by atoms with van der Waals surface area (Å²) in [7, 11) is -4.25. The summed E-state index contributed by atoms with van der Waals surface area (Å²) in [6.45, 7) is 1.95. The summed E-state index contributed by atoms with van der Waals surface area (Å²) >= 11 is 11.2. The van der Waals surface area contributed by atoms with Crippen LogP contribution in [-0.4, -0.2) is 17.5 Å². The second-order valence-corrected chi connectivity index (χ2v) is 9.39. The maximum Gasteiger partial charge on any atom is 0.433 e. The average Bonchev–Trinajstić information content (AvgIpc) is 3.29. The molecule has 0 spiro atoms. The first-order chi connectivity index (χ1) is 13.2. The second-order valence-electron chi connectivity index (χ2n) is 5.78. The summed E-state index contributed by atoms with van der Waals surface area (Å²) in [6.07, 6.45) is 1.16. The van der Waals surface area contributed by atoms with Crippen LogP contribution in [0.25, 0.3) is 22.3 Å². The number of nitrogens with zero attached hydrogens (tertiary/aromatic N) is 1. The molecule has 0 amide bonds. The van der Waals surface area contributed by atoms with E-state index in [1.807, 2.05) is 31.2 Å². The van der Waals surface area contributed by atoms with Gasteiger partial charge >= 0.3 is 5.88 Å². The fourth-order valence-corrected chi connectivity index (χ4v) is 3.82. The Morgan fingerprint density at radius 1 is 1.07 bits per heavy atom. The molecule has 10 heteroatoms. The van der Waals surface area contributed by atoms with Gasteiger partial charge in [0.05, 0.1) is 6.07 Å². The van der Waals surface area contributed by atoms with Crippen molar-refractivity contribution < 1.29 is 22.2 Å². The van der Waals surface area contributed by atoms with Gasteiger partial charge in [-0.15, -0.1) is 0 Å². The van der Waals surface area contributed by atoms with Crippen LogP contribution in [0.15, 0.2) is 57.4 Å². The van der Waals surface area contributed by atoms with Gasteiger partial charge in [0.25, 0.3) is 0 Å². The second kappa shape index (κ2) is 7.83. The highest BCUT2D eigenvalue weighted by Gasteiger charge is 2.31. The highest BCUT2D eigenvalue weighted by molar-refractivity contribution is 8.03. The first-order valence-electron chi connectivity index (χ1n) is 7.83. The van der Waals surface area contributed by atoms with Crippen molar-refractivity contribution in [3.8, 4) is 11.3 Å². The third-order valence-corrected chi connectivity index (χ3v) is 6.60. The lowest BCUT2D eigenvalue weighted by Crippen LogP contribution is -2.10. The maximum absolute atomic E-state index is 12.5. The number of hydrogen-bond donors (Lipinski definition) is 0. The summed E-state index contributed by atoms with van der Waals surface area (Å²) in [5.74, 6) is -0.188. The van der Waals surface area contributed by atoms with E-state index in [1.54, 1.807) is 12.1 Å². The lowest BCUT2D eigenvalue weighted by Gasteiger charge is -2.06. The molecule has 28 heavy (non-hydrogen) atoms. The summed E-state index contributed by atoms with van der Waals surface area (Å²) in [4.78, 5) is 9.62. The van der Waals surface area contributed by atoms with Crippen molar-refractivity contribution in [2.24, 2.45) is 0 Å². The molecule has 0 aliphatic rings. The van der Waals surface area contributed by atoms with E-state index in [4.69, 9.17) is 32.0 Å². The fourth-order valence-electron chi connectivity index (χ4n) is 2.38. The van der Waals surface area contributed by atoms with E-state index in [0.29, 0.717) is 5.76 Å². The van der Waals surface area contributed by atoms with Gasteiger partial charge in [-0.2, -0.15) is 0 Å². The van der Waals surface area contributed by atoms with Crippen LogP contribution >= 0.6 is 23.2 Å². The van der Waals surface area contributed by atoms with Crippen LogP contribution in [0.5, 0.6) is 0 Å². The Labute approximate surface area is 170 Å². The number of nitro groups is 1. The molecule has 0 saturated heterocycles. The van der Waals surface area contributed by atoms with E-state index in [1.165, 1.54) is 0 Å². The van der Waals surface area contributed by atoms with Crippen LogP contribution in [0, 0.1) is 17.0 Å². The van der Waals surface area contributed by atoms with Crippen molar-refractivity contribution in [2.45, 2.75) is 11.1 Å². The third-order valence-electron chi connectivity index (χ3n) is 3.79. The topological polar surface area (TPSA) is 104 Å². The van der Waals surface area contributed by atoms with Crippen LogP contribution in [0.4, 0.5) is 5.88 Å². The molecule has 0 unspecified atom stereocenters. The van der Waals surface area contributed by atoms with Gasteiger partial charge in [-0.3, -0.25) is 10.1 Å². The van der Waals surface area contributed by atoms with E-state index >= 15 is 0 Å². The summed E-state index contributed by atoms with van der Waals surface area (Å²) in [5, 5.41) is 10.8. The molecular formula is C18H13Cl2NO6S. The van der Waals surface area contributed by atoms with E-state index in [-0.39, 0.29) is 11.5 Å². The van der Waals surface area contributed by atoms with Crippen LogP contribution in [0.1, 0.15) is 17.1 Å². The minimum atomic E-state index is -4.25. The summed E-state index contributed by atoms with van der Waals surface area (Å²) in [5.41, 5.74) is 1.88. The number of sulfone groups is 1. The number of alkyl halides is 2. The Morgan fingerprint density at radius 3 is 2.32 bits per heavy atom. The zero-order chi connectivity index (χ0) is 20.5. The third kappa shape index (κ3) is 4.14. The SMILES string of the molecule is Cc1ccc(-c2ccc(C=C(c3ccc([N+](=O)[O-])o3)S(=O)(=O)C(Cl)Cl)o2)cc1. The van der Waals surface area contributed by atoms with Crippen LogP contribution in [0.3, 0.4) is 0 Å². The summed E-state index contributed by atoms with van der Waals surface area (Å²) < 4.78 is 34.0. The van der Waals surface area contributed by atoms with Gasteiger partial charge in [0, 0.05) is 11.6 Å². The fraction of sp³-hybridized carbons (Fsp3) is 0.111. The Bertz CT molecular complexity index is 1140. The standard InChI is InChI=1S/C18H13Cl2NO6S/c1-11-2-4-12(5-3-11)14-7-6-13(26-14)10-16(28(24,25)18(19)20)15-8-9-17(27-15)21(22)23/h2-10,18H,1H3. The lowest BCUT2D eigenvalue weighted by molar-refractivity contribution is -0.402. The highest BCUT2D eigenvalue weighted by Crippen LogP contribution is 2.34. The molecule has 3 rings (SSSR count). The number of aryl methyl sites for hydroxylation is 1. The molecule has 0 bridgehead atoms. The normalized spacial score (nSPS) is 12.5. The van der Waals surface area contributed by atoms with Crippen molar-refractivity contribution in [3.63, 3.8) is 0 Å². The number of rotatable bonds is 6. The minimum Gasteiger partial charge on any atom is -0.457 e. The Balaban J connectivity index is 2.06. The first-order valence-corrected chi connectivity index (χ1v) is 10.3. The monoisotopic (exact) mass is 441 g/mol. The Hall–Kier alpha value is -2.55. The molecular weight excluding hydrogens is 429 g/mol. The lowest BCUT2D eigenvalue weighted by atomic mass is 10.1. The molecule has 0 fully saturated rings. The minimum absolute atomic E-state index is 0.183. The predicted molar refractivity (Wildman–Crippen MR) is 107 cm³/mol. The van der Waals surface area contributed by atoms with E-state index < -0.39 is 29.7 Å². The molecule has 1 aromatic carbocycles. The van der Waals surface area contributed by atoms with E-state index in [9.17, 15) is 18.5 Å². The van der Waals surface area contributed by atoms with Crippen molar-refractivity contribution >= 4 is 49.9 Å². The number of halogens is 2. The van der Waals surface area contributed by atoms with Gasteiger partial charge in [-0.1, -0.05) is 53.0 Å². The van der Waals surface area contributed by atoms with E-state index in [2.05, 4.69) is 0 Å². The molecule has 0 saturated carbocycles. The van der Waals surface area contributed by atoms with Gasteiger partial charge in [-0.05, 0) is 25.1 Å². The zero-order valence-electron chi connectivity index (χ0n) is 14.3. The maximum atomic E-state index is 12.5. The molecule has 146 valence electrons. The quantitative estimate of drug-likeness (QED) is 0.287. The molecule has 0 aliphatic heterocycles. The highest BCUT2D eigenvalue weighted by atomic mass is 35.5. The Morgan fingerprint density at radius 2 is 1.75 bits per heavy atom. The van der Waals surface area contributed by atoms with Gasteiger partial charge < -0.3 is 8.83 Å². The van der Waals surface area contributed by atoms with Crippen molar-refractivity contribution in [1.82, 2.24) is 0 Å². The molecule has 0 atom stereocenters. The number of furan rings is 2. The number of benzene rings is 1. The summed E-state index contributed by atoms with van der Waals surface area (Å²) in [6, 6.07) is 13.0. The molecule has 0 N–H and O–H groups in total. The predicted octanol–water partition coefficient (Wildman–Crippen LogP) is 5.43. The molecule has 0 radical (unpaired) electrons. The van der Waals surface area contributed by atoms with Crippen LogP contribution in [0.2, 0.25) is 0 Å². The molecule has 0 aliphatic carbocycles. The van der Waals surface area contributed by atoms with Crippen molar-refractivity contribution in [3.05, 3.63) is 75.7 Å². The molecule has 7 nitrogen and oxygen atoms in total. The number of hydrogen-bond acceptors (Lipinski definition) is 6. The van der Waals surface area contributed by atoms with Crippen molar-refractivity contribution in [2.75, 3.05) is 0 Å². The van der Waals surface area contributed by atoms with Crippen LogP contribution < -0.4 is 0 Å². The van der Waals surface area contributed by atoms with E-state index in [0.717, 1.165) is 29.3 Å². The molecule has 2 aromatic heterocycles. The zero-order valence-corrected chi connectivity index (χ0v) is 16.7. The Kier molecular flexibility index (Phi) is 5.64. The smallest absolute Gasteiger partial charge is 0.433 e. The molecule has 2 heterocycles. The average molecular weight is 442 g/mol. The van der Waals surface area contributed by atoms with Gasteiger partial charge in [0.2, 0.25) is 14.0 Å². The van der Waals surface area contributed by atoms with Crippen molar-refractivity contribution in [1.29, 1.82) is 0 Å². The first kappa shape index (κ1) is 20.2. The van der Waals surface area contributed by atoms with Gasteiger partial charge in [0.1, 0.15) is 21.3 Å². The van der Waals surface area contributed by atoms with Gasteiger partial charge in [0.15, 0.2) is 5.76 Å². The van der Waals surface area contributed by atoms with Gasteiger partial charge in [-0.25, -0.2) is 8.42 Å². The molecule has 3 aromatic rings.